The number of methoxy groups -OCH3 is 1. The first-order valence-corrected chi connectivity index (χ1v) is 8.69. The van der Waals surface area contributed by atoms with E-state index in [1.807, 2.05) is 43.5 Å². The molecule has 126 valence electrons. The molecule has 7 heteroatoms. The molecule has 0 aliphatic rings. The van der Waals surface area contributed by atoms with E-state index in [1.54, 1.807) is 17.9 Å². The van der Waals surface area contributed by atoms with Gasteiger partial charge in [-0.3, -0.25) is 9.48 Å². The highest BCUT2D eigenvalue weighted by molar-refractivity contribution is 7.16. The predicted octanol–water partition coefficient (Wildman–Crippen LogP) is 3.00. The summed E-state index contributed by atoms with van der Waals surface area (Å²) in [5, 5.41) is 4.32. The van der Waals surface area contributed by atoms with Gasteiger partial charge in [0.05, 0.1) is 23.0 Å². The van der Waals surface area contributed by atoms with Crippen molar-refractivity contribution in [2.45, 2.75) is 33.9 Å². The zero-order valence-corrected chi connectivity index (χ0v) is 15.1. The van der Waals surface area contributed by atoms with Crippen molar-refractivity contribution in [2.75, 3.05) is 7.11 Å². The lowest BCUT2D eigenvalue weighted by atomic mass is 10.3. The zero-order chi connectivity index (χ0) is 17.3. The maximum atomic E-state index is 12.6. The number of carbonyl (C=O) groups is 1. The molecule has 0 saturated carbocycles. The fraction of sp³-hybridized carbons (Fsp3) is 0.353. The van der Waals surface area contributed by atoms with Crippen molar-refractivity contribution in [3.05, 3.63) is 40.5 Å². The van der Waals surface area contributed by atoms with Crippen molar-refractivity contribution in [2.24, 2.45) is 4.99 Å². The maximum Gasteiger partial charge on any atom is 0.297 e. The fourth-order valence-electron chi connectivity index (χ4n) is 2.67. The van der Waals surface area contributed by atoms with Gasteiger partial charge in [0, 0.05) is 13.1 Å². The molecule has 1 aromatic carbocycles. The second-order valence-electron chi connectivity index (χ2n) is 5.37. The minimum absolute atomic E-state index is 0.266. The lowest BCUT2D eigenvalue weighted by Gasteiger charge is -2.02. The highest BCUT2D eigenvalue weighted by Gasteiger charge is 2.14. The van der Waals surface area contributed by atoms with Crippen molar-refractivity contribution in [1.29, 1.82) is 0 Å². The molecule has 0 radical (unpaired) electrons. The lowest BCUT2D eigenvalue weighted by molar-refractivity contribution is 0.0987. The maximum absolute atomic E-state index is 12.6. The van der Waals surface area contributed by atoms with Gasteiger partial charge in [-0.2, -0.15) is 10.1 Å². The average Bonchev–Trinajstić information content (AvgIpc) is 3.13. The van der Waals surface area contributed by atoms with Crippen LogP contribution in [-0.2, 0) is 13.1 Å². The largest absolute Gasteiger partial charge is 0.497 e. The number of aryl methyl sites for hydroxylation is 3. The summed E-state index contributed by atoms with van der Waals surface area (Å²) in [5.41, 5.74) is 2.39. The molecule has 0 unspecified atom stereocenters. The number of aromatic nitrogens is 3. The second-order valence-corrected chi connectivity index (χ2v) is 6.38. The topological polar surface area (TPSA) is 61.4 Å². The molecule has 6 nitrogen and oxygen atoms in total. The first kappa shape index (κ1) is 16.4. The third kappa shape index (κ3) is 2.87. The van der Waals surface area contributed by atoms with Crippen LogP contribution in [0, 0.1) is 6.92 Å². The third-order valence-electron chi connectivity index (χ3n) is 3.82. The number of thiazole rings is 1. The first-order chi connectivity index (χ1) is 11.6. The summed E-state index contributed by atoms with van der Waals surface area (Å²) in [6, 6.07) is 7.67. The van der Waals surface area contributed by atoms with Crippen LogP contribution in [0.4, 0.5) is 0 Å². The molecule has 0 aliphatic carbocycles. The summed E-state index contributed by atoms with van der Waals surface area (Å²) in [7, 11) is 1.64. The Balaban J connectivity index is 2.13. The fourth-order valence-corrected chi connectivity index (χ4v) is 3.80. The monoisotopic (exact) mass is 344 g/mol. The molecular formula is C17H20N4O2S. The summed E-state index contributed by atoms with van der Waals surface area (Å²) in [6.07, 6.45) is 0. The van der Waals surface area contributed by atoms with Gasteiger partial charge in [-0.25, -0.2) is 0 Å². The number of nitrogens with zero attached hydrogens (tertiary/aromatic N) is 4. The molecule has 3 aromatic rings. The number of rotatable bonds is 4. The van der Waals surface area contributed by atoms with E-state index >= 15 is 0 Å². The Morgan fingerprint density at radius 3 is 2.75 bits per heavy atom. The minimum Gasteiger partial charge on any atom is -0.497 e. The van der Waals surface area contributed by atoms with Crippen LogP contribution in [0.2, 0.25) is 0 Å². The molecule has 0 atom stereocenters. The molecule has 0 bridgehead atoms. The van der Waals surface area contributed by atoms with E-state index in [1.165, 1.54) is 11.3 Å². The number of ether oxygens (including phenoxy) is 1. The van der Waals surface area contributed by atoms with Crippen molar-refractivity contribution >= 4 is 27.5 Å². The van der Waals surface area contributed by atoms with Crippen molar-refractivity contribution in [1.82, 2.24) is 14.3 Å². The smallest absolute Gasteiger partial charge is 0.297 e. The highest BCUT2D eigenvalue weighted by atomic mass is 32.1. The Morgan fingerprint density at radius 2 is 2.08 bits per heavy atom. The minimum atomic E-state index is -0.266. The second kappa shape index (κ2) is 6.60. The van der Waals surface area contributed by atoms with E-state index in [2.05, 4.69) is 10.1 Å². The van der Waals surface area contributed by atoms with Gasteiger partial charge in [-0.05, 0) is 45.0 Å². The number of carbonyl (C=O) groups excluding carboxylic acids is 1. The average molecular weight is 344 g/mol. The number of amides is 1. The van der Waals surface area contributed by atoms with Crippen molar-refractivity contribution < 1.29 is 9.53 Å². The van der Waals surface area contributed by atoms with Gasteiger partial charge in [0.2, 0.25) is 0 Å². The van der Waals surface area contributed by atoms with Gasteiger partial charge in [-0.1, -0.05) is 11.3 Å². The zero-order valence-electron chi connectivity index (χ0n) is 14.2. The molecule has 2 heterocycles. The SMILES string of the molecule is CCn1nc(C)cc1C(=O)N=c1sc2cc(OC)ccc2n1CC. The molecule has 3 rings (SSSR count). The van der Waals surface area contributed by atoms with Crippen LogP contribution in [0.1, 0.15) is 30.0 Å². The van der Waals surface area contributed by atoms with Crippen LogP contribution in [-0.4, -0.2) is 27.4 Å². The molecule has 0 saturated heterocycles. The molecule has 2 aromatic heterocycles. The molecule has 1 amide bonds. The van der Waals surface area contributed by atoms with Crippen LogP contribution >= 0.6 is 11.3 Å². The quantitative estimate of drug-likeness (QED) is 0.731. The van der Waals surface area contributed by atoms with Gasteiger partial charge in [0.25, 0.3) is 5.91 Å². The molecular weight excluding hydrogens is 324 g/mol. The van der Waals surface area contributed by atoms with Gasteiger partial charge in [0.15, 0.2) is 4.80 Å². The highest BCUT2D eigenvalue weighted by Crippen LogP contribution is 2.23. The van der Waals surface area contributed by atoms with E-state index in [0.717, 1.165) is 28.2 Å². The summed E-state index contributed by atoms with van der Waals surface area (Å²) in [6.45, 7) is 7.26. The van der Waals surface area contributed by atoms with Gasteiger partial charge < -0.3 is 9.30 Å². The molecule has 0 fully saturated rings. The summed E-state index contributed by atoms with van der Waals surface area (Å²) < 4.78 is 10.0. The van der Waals surface area contributed by atoms with Gasteiger partial charge in [0.1, 0.15) is 11.4 Å². The number of benzene rings is 1. The number of fused-ring (bicyclic) bond motifs is 1. The van der Waals surface area contributed by atoms with E-state index in [4.69, 9.17) is 4.74 Å². The van der Waals surface area contributed by atoms with Crippen LogP contribution in [0.5, 0.6) is 5.75 Å². The van der Waals surface area contributed by atoms with Crippen LogP contribution in [0.15, 0.2) is 29.3 Å². The first-order valence-electron chi connectivity index (χ1n) is 7.88. The molecule has 0 spiro atoms. The van der Waals surface area contributed by atoms with Crippen LogP contribution in [0.25, 0.3) is 10.2 Å². The standard InChI is InChI=1S/C17H20N4O2S/c1-5-20-13-8-7-12(23-4)10-15(13)24-17(20)18-16(22)14-9-11(3)19-21(14)6-2/h7-10H,5-6H2,1-4H3. The van der Waals surface area contributed by atoms with Gasteiger partial charge in [-0.15, -0.1) is 0 Å². The van der Waals surface area contributed by atoms with E-state index in [0.29, 0.717) is 17.0 Å². The lowest BCUT2D eigenvalue weighted by Crippen LogP contribution is -2.17. The van der Waals surface area contributed by atoms with E-state index in [9.17, 15) is 4.79 Å². The predicted molar refractivity (Wildman–Crippen MR) is 94.6 cm³/mol. The van der Waals surface area contributed by atoms with Crippen LogP contribution in [0.3, 0.4) is 0 Å². The molecule has 0 N–H and O–H groups in total. The van der Waals surface area contributed by atoms with E-state index in [-0.39, 0.29) is 5.91 Å². The molecule has 0 aliphatic heterocycles. The summed E-state index contributed by atoms with van der Waals surface area (Å²) in [4.78, 5) is 17.7. The number of hydrogen-bond acceptors (Lipinski definition) is 4. The Labute approximate surface area is 144 Å². The normalized spacial score (nSPS) is 12.1. The molecule has 24 heavy (non-hydrogen) atoms. The van der Waals surface area contributed by atoms with Crippen molar-refractivity contribution in [3.63, 3.8) is 0 Å². The summed E-state index contributed by atoms with van der Waals surface area (Å²) >= 11 is 1.49. The van der Waals surface area contributed by atoms with Crippen LogP contribution < -0.4 is 9.54 Å². The Kier molecular flexibility index (Phi) is 4.53. The van der Waals surface area contributed by atoms with Crippen molar-refractivity contribution in [3.8, 4) is 5.75 Å². The Bertz CT molecular complexity index is 965. The Morgan fingerprint density at radius 1 is 1.29 bits per heavy atom. The third-order valence-corrected chi connectivity index (χ3v) is 4.87. The summed E-state index contributed by atoms with van der Waals surface area (Å²) in [5.74, 6) is 0.530. The number of hydrogen-bond donors (Lipinski definition) is 0. The Hall–Kier alpha value is -2.41. The van der Waals surface area contributed by atoms with E-state index < -0.39 is 0 Å². The van der Waals surface area contributed by atoms with Gasteiger partial charge >= 0.3 is 0 Å².